The van der Waals surface area contributed by atoms with Crippen molar-refractivity contribution in [3.8, 4) is 23.0 Å². The fraction of sp³-hybridized carbons (Fsp3) is 0.463. The molecule has 4 aromatic heterocycles. The summed E-state index contributed by atoms with van der Waals surface area (Å²) in [6.07, 6.45) is 32.9. The van der Waals surface area contributed by atoms with Crippen LogP contribution in [0.5, 0.6) is 23.0 Å². The van der Waals surface area contributed by atoms with E-state index >= 15 is 0 Å². The van der Waals surface area contributed by atoms with Crippen molar-refractivity contribution < 1.29 is 74.9 Å². The molecule has 0 saturated heterocycles. The lowest BCUT2D eigenvalue weighted by Crippen LogP contribution is -2.49. The number of hydrogen-bond donors (Lipinski definition) is 4. The number of amides is 6. The lowest BCUT2D eigenvalue weighted by molar-refractivity contribution is 0.0621. The second-order valence-corrected chi connectivity index (χ2v) is 61.7. The van der Waals surface area contributed by atoms with Crippen molar-refractivity contribution in [2.45, 2.75) is 233 Å². The summed E-state index contributed by atoms with van der Waals surface area (Å²) in [5.74, 6) is 1.68. The van der Waals surface area contributed by atoms with Gasteiger partial charge >= 0.3 is 12.2 Å². The minimum atomic E-state index is -2.10. The van der Waals surface area contributed by atoms with Crippen LogP contribution in [0.3, 0.4) is 0 Å². The third kappa shape index (κ3) is 29.9. The van der Waals surface area contributed by atoms with Gasteiger partial charge in [0.25, 0.3) is 23.6 Å². The molecular weight excluding hydrogens is 1890 g/mol. The molecule has 4 aliphatic heterocycles. The number of methoxy groups -OCH3 is 4. The SMILES string of the molecule is C=CCOC(=O)Nc1cc(C)c(OC)cc1C(=O)N1CC=C(c2cncnc2)C[C@H]1CO[Si](C)(C)C(C)(C)C.C=CCOC(=O)Nc1cc(C)c(OC)cc1C(=O)N1CCC(c2cncnc2)=C[C@H]1CO[Si](C)(C)C(C)(C)C.COc1cc(C(=O)N2CC=C(c3cncnc3)C[C@H]2CO[Si](C)(C)C(C)(C)C)c(N)cc1C.COc1cc(C(=O)N2CCC(c3cncnc3)=C[C@H]2CO[Si](C)(C)C(C)(C)C)c(N)cc1C. The predicted molar refractivity (Wildman–Crippen MR) is 580 cm³/mol. The van der Waals surface area contributed by atoms with E-state index in [1.165, 1.54) is 37.5 Å². The largest absolute Gasteiger partial charge is 0.496 e. The minimum absolute atomic E-state index is 0.0174. The first-order chi connectivity index (χ1) is 67.6. The number of rotatable bonds is 30. The van der Waals surface area contributed by atoms with Crippen molar-refractivity contribution in [1.82, 2.24) is 59.5 Å². The van der Waals surface area contributed by atoms with Gasteiger partial charge in [0.15, 0.2) is 33.3 Å². The van der Waals surface area contributed by atoms with Crippen LogP contribution < -0.4 is 41.0 Å². The van der Waals surface area contributed by atoms with E-state index in [-0.39, 0.29) is 81.2 Å². The molecule has 6 amide bonds. The molecule has 0 aliphatic carbocycles. The molecule has 144 heavy (non-hydrogen) atoms. The summed E-state index contributed by atoms with van der Waals surface area (Å²) in [7, 11) is -1.88. The Hall–Kier alpha value is -12.4. The molecular formula is C108H152N16O16Si4. The van der Waals surface area contributed by atoms with Crippen molar-refractivity contribution in [2.75, 3.05) is 116 Å². The highest BCUT2D eigenvalue weighted by Crippen LogP contribution is 2.45. The Bertz CT molecular complexity index is 5780. The molecule has 776 valence electrons. The van der Waals surface area contributed by atoms with Crippen LogP contribution in [0.15, 0.2) is 173 Å². The van der Waals surface area contributed by atoms with Gasteiger partial charge in [-0.15, -0.1) is 0 Å². The number of anilines is 4. The average Bonchev–Trinajstić information content (AvgIpc) is 0.795. The minimum Gasteiger partial charge on any atom is -0.496 e. The van der Waals surface area contributed by atoms with Crippen LogP contribution in [0.2, 0.25) is 72.5 Å². The molecule has 4 aliphatic rings. The van der Waals surface area contributed by atoms with E-state index in [1.54, 1.807) is 112 Å². The first-order valence-corrected chi connectivity index (χ1v) is 60.2. The molecule has 4 aromatic carbocycles. The molecule has 0 unspecified atom stereocenters. The molecule has 0 radical (unpaired) electrons. The Kier molecular flexibility index (Phi) is 39.9. The highest BCUT2D eigenvalue weighted by molar-refractivity contribution is 6.75. The summed E-state index contributed by atoms with van der Waals surface area (Å²) in [6.45, 7) is 62.4. The van der Waals surface area contributed by atoms with Gasteiger partial charge < -0.3 is 77.2 Å². The second kappa shape index (κ2) is 49.9. The number of benzene rings is 4. The maximum absolute atomic E-state index is 14.1. The smallest absolute Gasteiger partial charge is 0.411 e. The van der Waals surface area contributed by atoms with Gasteiger partial charge in [-0.25, -0.2) is 49.5 Å². The lowest BCUT2D eigenvalue weighted by Gasteiger charge is -2.41. The summed E-state index contributed by atoms with van der Waals surface area (Å²) in [6, 6.07) is 12.9. The van der Waals surface area contributed by atoms with Gasteiger partial charge in [0, 0.05) is 109 Å². The topological polar surface area (TPSA) is 387 Å². The maximum Gasteiger partial charge on any atom is 0.411 e. The molecule has 32 nitrogen and oxygen atoms in total. The number of nitrogens with two attached hydrogens (primary N) is 2. The van der Waals surface area contributed by atoms with Gasteiger partial charge in [0.1, 0.15) is 61.5 Å². The van der Waals surface area contributed by atoms with Gasteiger partial charge in [0.05, 0.1) is 113 Å². The molecule has 4 atom stereocenters. The molecule has 6 N–H and O–H groups in total. The molecule has 0 saturated carbocycles. The Morgan fingerprint density at radius 2 is 0.639 bits per heavy atom. The molecule has 0 spiro atoms. The maximum atomic E-state index is 14.1. The van der Waals surface area contributed by atoms with E-state index in [9.17, 15) is 28.8 Å². The number of nitrogens with one attached hydrogen (secondary N) is 2. The normalized spacial score (nSPS) is 16.4. The quantitative estimate of drug-likeness (QED) is 0.0184. The fourth-order valence-electron chi connectivity index (χ4n) is 15.5. The lowest BCUT2D eigenvalue weighted by atomic mass is 9.95. The summed E-state index contributed by atoms with van der Waals surface area (Å²) in [4.78, 5) is 121. The molecule has 36 heteroatoms. The van der Waals surface area contributed by atoms with Crippen LogP contribution in [0.1, 0.15) is 195 Å². The Balaban J connectivity index is 0.000000215. The Morgan fingerprint density at radius 1 is 0.382 bits per heavy atom. The summed E-state index contributed by atoms with van der Waals surface area (Å²) in [5.41, 5.74) is 27.2. The first kappa shape index (κ1) is 115. The van der Waals surface area contributed by atoms with Gasteiger partial charge in [-0.05, 0) is 219 Å². The highest BCUT2D eigenvalue weighted by Gasteiger charge is 2.45. The molecule has 8 heterocycles. The number of carbonyl (C=O) groups is 6. The van der Waals surface area contributed by atoms with Crippen LogP contribution in [0.4, 0.5) is 32.3 Å². The number of carbonyl (C=O) groups excluding carboxylic acids is 6. The van der Waals surface area contributed by atoms with Gasteiger partial charge in [-0.1, -0.05) is 133 Å². The van der Waals surface area contributed by atoms with E-state index in [4.69, 9.17) is 57.6 Å². The number of aromatic nitrogens is 8. The monoisotopic (exact) mass is 2040 g/mol. The van der Waals surface area contributed by atoms with Gasteiger partial charge in [0.2, 0.25) is 0 Å². The molecule has 8 aromatic rings. The van der Waals surface area contributed by atoms with Crippen LogP contribution in [0, 0.1) is 27.7 Å². The van der Waals surface area contributed by atoms with Crippen LogP contribution >= 0.6 is 0 Å². The zero-order valence-corrected chi connectivity index (χ0v) is 93.7. The van der Waals surface area contributed by atoms with E-state index in [0.29, 0.717) is 146 Å². The van der Waals surface area contributed by atoms with Gasteiger partial charge in [-0.3, -0.25) is 29.8 Å². The second-order valence-electron chi connectivity index (χ2n) is 42.5. The van der Waals surface area contributed by atoms with Gasteiger partial charge in [-0.2, -0.15) is 0 Å². The Labute approximate surface area is 855 Å². The summed E-state index contributed by atoms with van der Waals surface area (Å²) >= 11 is 0. The third-order valence-electron chi connectivity index (χ3n) is 28.5. The first-order valence-electron chi connectivity index (χ1n) is 48.6. The van der Waals surface area contributed by atoms with Crippen LogP contribution in [-0.4, -0.2) is 247 Å². The average molecular weight is 2040 g/mol. The van der Waals surface area contributed by atoms with Crippen molar-refractivity contribution in [3.63, 3.8) is 0 Å². The van der Waals surface area contributed by atoms with Crippen molar-refractivity contribution in [1.29, 1.82) is 0 Å². The molecule has 12 rings (SSSR count). The molecule has 0 bridgehead atoms. The number of ether oxygens (including phenoxy) is 6. The van der Waals surface area contributed by atoms with Crippen molar-refractivity contribution in [3.05, 3.63) is 240 Å². The predicted octanol–water partition coefficient (Wildman–Crippen LogP) is 21.1. The number of nitrogens with zero attached hydrogens (tertiary/aromatic N) is 12. The van der Waals surface area contributed by atoms with Crippen molar-refractivity contribution in [2.24, 2.45) is 0 Å². The fourth-order valence-corrected chi connectivity index (χ4v) is 19.6. The zero-order chi connectivity index (χ0) is 106. The number of hydrogen-bond acceptors (Lipinski definition) is 26. The summed E-state index contributed by atoms with van der Waals surface area (Å²) < 4.78 is 58.4. The number of aryl methyl sites for hydroxylation is 4. The van der Waals surface area contributed by atoms with E-state index in [2.05, 4.69) is 217 Å². The number of nitrogen functional groups attached to an aromatic ring is 2. The third-order valence-corrected chi connectivity index (χ3v) is 46.5. The standard InChI is InChI=1S/2C29H40N4O5Si.2C25H36N4O3Si/c2*1-9-12-37-28(35)32-25-13-20(2)26(36-6)15-24(25)27(34)33-11-10-21(22-16-30-19-31-17-22)14-23(33)18-38-39(7,8)29(3,4)5;2*1-17-10-22(26)21(12-23(17)31-5)24(30)29-9-8-18(19-13-27-16-28-14-19)11-20(29)15-32-33(6,7)25(2,3)4/h9,13-17,19,23H,1,10-12,18H2,2-8H3,(H,32,35);9-10,13,15-17,19,23H,1,11-12,14,18H2,2-8H3,(H,32,35);10-14,16,20H,8-9,15,26H2,1-7H3;8,10,12-14,16,20H,9,11,15,26H2,1-7H3/t2*23-;2*20-/m0000/s1. The molecule has 0 fully saturated rings. The highest BCUT2D eigenvalue weighted by atomic mass is 28.4. The summed E-state index contributed by atoms with van der Waals surface area (Å²) in [5, 5.41) is 5.63. The zero-order valence-electron chi connectivity index (χ0n) is 89.7. The van der Waals surface area contributed by atoms with E-state index in [1.807, 2.05) is 68.4 Å². The van der Waals surface area contributed by atoms with Crippen molar-refractivity contribution >= 4 is 114 Å². The van der Waals surface area contributed by atoms with E-state index < -0.39 is 45.5 Å². The van der Waals surface area contributed by atoms with Crippen LogP contribution in [0.25, 0.3) is 22.3 Å². The Morgan fingerprint density at radius 3 is 0.924 bits per heavy atom. The van der Waals surface area contributed by atoms with Crippen LogP contribution in [-0.2, 0) is 27.2 Å². The van der Waals surface area contributed by atoms with E-state index in [0.717, 1.165) is 66.8 Å².